The molecule has 34 heavy (non-hydrogen) atoms. The molecule has 4 rings (SSSR count). The number of hydrogen-bond donors (Lipinski definition) is 0. The number of hydrogen-bond acceptors (Lipinski definition) is 4. The predicted octanol–water partition coefficient (Wildman–Crippen LogP) is 5.20. The number of benzene rings is 3. The summed E-state index contributed by atoms with van der Waals surface area (Å²) in [6.07, 6.45) is 0. The molecule has 176 valence electrons. The number of nitrogens with zero attached hydrogens (tertiary/aromatic N) is 2. The maximum absolute atomic E-state index is 13.0. The minimum absolute atomic E-state index is 0.0790. The monoisotopic (exact) mass is 622 g/mol. The Hall–Kier alpha value is -2.14. The average molecular weight is 624 g/mol. The van der Waals surface area contributed by atoms with Gasteiger partial charge >= 0.3 is 0 Å². The van der Waals surface area contributed by atoms with Gasteiger partial charge < -0.3 is 0 Å². The standard InChI is InChI=1S/C24H20Br2N2O4S2/c1-15-7-11-17(12-8-15)33(29,30)27-23-19-5-3-4-6-20(19)24(22(26)21(23)25)28-34(31,32)18-13-9-16(2)10-14-18/h3-14,21-22H,1-2H3/b27-23-,28-24-. The Kier molecular flexibility index (Phi) is 6.97. The molecule has 0 amide bonds. The highest BCUT2D eigenvalue weighted by Crippen LogP contribution is 2.34. The van der Waals surface area contributed by atoms with Gasteiger partial charge in [0, 0.05) is 11.1 Å². The van der Waals surface area contributed by atoms with Crippen molar-refractivity contribution in [3.05, 3.63) is 95.1 Å². The molecule has 6 nitrogen and oxygen atoms in total. The lowest BCUT2D eigenvalue weighted by molar-refractivity contribution is 0.596. The molecule has 10 heteroatoms. The number of sulfonamides is 2. The molecular formula is C24H20Br2N2O4S2. The van der Waals surface area contributed by atoms with Crippen molar-refractivity contribution < 1.29 is 16.8 Å². The van der Waals surface area contributed by atoms with Gasteiger partial charge in [-0.25, -0.2) is 0 Å². The Balaban J connectivity index is 1.85. The third kappa shape index (κ3) is 4.95. The first-order valence-electron chi connectivity index (χ1n) is 10.2. The van der Waals surface area contributed by atoms with E-state index in [0.29, 0.717) is 11.1 Å². The second-order valence-electron chi connectivity index (χ2n) is 7.88. The Labute approximate surface area is 216 Å². The summed E-state index contributed by atoms with van der Waals surface area (Å²) >= 11 is 7.05. The molecule has 0 N–H and O–H groups in total. The highest BCUT2D eigenvalue weighted by molar-refractivity contribution is 9.12. The van der Waals surface area contributed by atoms with E-state index in [1.807, 2.05) is 13.8 Å². The van der Waals surface area contributed by atoms with E-state index in [1.54, 1.807) is 48.5 Å². The summed E-state index contributed by atoms with van der Waals surface area (Å²) in [5.74, 6) is 0. The van der Waals surface area contributed by atoms with E-state index in [4.69, 9.17) is 0 Å². The van der Waals surface area contributed by atoms with Gasteiger partial charge in [-0.2, -0.15) is 25.6 Å². The van der Waals surface area contributed by atoms with Gasteiger partial charge in [-0.1, -0.05) is 91.5 Å². The maximum atomic E-state index is 13.0. The van der Waals surface area contributed by atoms with E-state index >= 15 is 0 Å². The number of rotatable bonds is 4. The van der Waals surface area contributed by atoms with Gasteiger partial charge in [0.05, 0.1) is 30.9 Å². The largest absolute Gasteiger partial charge is 0.282 e. The topological polar surface area (TPSA) is 93.0 Å². The minimum atomic E-state index is -4.00. The molecule has 0 saturated carbocycles. The van der Waals surface area contributed by atoms with Crippen molar-refractivity contribution in [2.75, 3.05) is 0 Å². The van der Waals surface area contributed by atoms with Crippen molar-refractivity contribution in [3.63, 3.8) is 0 Å². The van der Waals surface area contributed by atoms with Crippen molar-refractivity contribution in [2.24, 2.45) is 8.80 Å². The van der Waals surface area contributed by atoms with E-state index in [0.717, 1.165) is 11.1 Å². The van der Waals surface area contributed by atoms with Crippen LogP contribution in [-0.4, -0.2) is 37.9 Å². The molecule has 2 unspecified atom stereocenters. The second kappa shape index (κ2) is 9.49. The molecule has 2 atom stereocenters. The molecule has 0 aromatic heterocycles. The third-order valence-electron chi connectivity index (χ3n) is 5.33. The highest BCUT2D eigenvalue weighted by Gasteiger charge is 2.38. The number of fused-ring (bicyclic) bond motifs is 1. The normalized spacial score (nSPS) is 20.9. The first kappa shape index (κ1) is 25.0. The third-order valence-corrected chi connectivity index (χ3v) is 10.6. The maximum Gasteiger partial charge on any atom is 0.282 e. The van der Waals surface area contributed by atoms with Crippen LogP contribution in [0.3, 0.4) is 0 Å². The molecule has 3 aromatic carbocycles. The molecule has 1 aliphatic rings. The molecule has 0 bridgehead atoms. The molecule has 1 aliphatic carbocycles. The first-order valence-corrected chi connectivity index (χ1v) is 14.9. The van der Waals surface area contributed by atoms with Crippen LogP contribution in [0.4, 0.5) is 0 Å². The smallest absolute Gasteiger partial charge is 0.199 e. The van der Waals surface area contributed by atoms with Gasteiger partial charge in [-0.05, 0) is 38.1 Å². The zero-order chi connectivity index (χ0) is 24.7. The highest BCUT2D eigenvalue weighted by atomic mass is 79.9. The van der Waals surface area contributed by atoms with Crippen molar-refractivity contribution in [3.8, 4) is 0 Å². The fourth-order valence-corrected chi connectivity index (χ4v) is 7.07. The van der Waals surface area contributed by atoms with E-state index in [2.05, 4.69) is 40.7 Å². The molecule has 0 saturated heterocycles. The Morgan fingerprint density at radius 2 is 0.912 bits per heavy atom. The van der Waals surface area contributed by atoms with Crippen LogP contribution in [0.1, 0.15) is 22.3 Å². The number of halogens is 2. The van der Waals surface area contributed by atoms with Crippen LogP contribution < -0.4 is 0 Å². The second-order valence-corrected chi connectivity index (χ2v) is 13.1. The van der Waals surface area contributed by atoms with Crippen LogP contribution in [0, 0.1) is 13.8 Å². The molecule has 0 fully saturated rings. The summed E-state index contributed by atoms with van der Waals surface area (Å²) in [4.78, 5) is -1.13. The molecule has 0 spiro atoms. The fourth-order valence-electron chi connectivity index (χ4n) is 3.49. The Bertz CT molecular complexity index is 1400. The van der Waals surface area contributed by atoms with E-state index in [1.165, 1.54) is 24.3 Å². The average Bonchev–Trinajstić information content (AvgIpc) is 2.80. The van der Waals surface area contributed by atoms with Crippen LogP contribution in [0.2, 0.25) is 0 Å². The molecular weight excluding hydrogens is 604 g/mol. The zero-order valence-corrected chi connectivity index (χ0v) is 23.0. The van der Waals surface area contributed by atoms with E-state index < -0.39 is 29.7 Å². The SMILES string of the molecule is Cc1ccc(S(=O)(=O)/N=C2/c3ccccc3/C(=N/S(=O)(=O)c3ccc(C)cc3)C(Br)C2Br)cc1. The predicted molar refractivity (Wildman–Crippen MR) is 142 cm³/mol. The van der Waals surface area contributed by atoms with Crippen molar-refractivity contribution in [1.29, 1.82) is 0 Å². The van der Waals surface area contributed by atoms with Crippen LogP contribution in [0.25, 0.3) is 0 Å². The van der Waals surface area contributed by atoms with Gasteiger partial charge in [0.1, 0.15) is 0 Å². The summed E-state index contributed by atoms with van der Waals surface area (Å²) < 4.78 is 60.5. The first-order chi connectivity index (χ1) is 16.0. The van der Waals surface area contributed by atoms with Crippen molar-refractivity contribution >= 4 is 63.3 Å². The summed E-state index contributed by atoms with van der Waals surface area (Å²) in [5.41, 5.74) is 3.39. The summed E-state index contributed by atoms with van der Waals surface area (Å²) in [7, 11) is -7.99. The quantitative estimate of drug-likeness (QED) is 0.374. The summed E-state index contributed by atoms with van der Waals surface area (Å²) in [5, 5.41) is 0. The molecule has 0 aliphatic heterocycles. The summed E-state index contributed by atoms with van der Waals surface area (Å²) in [6, 6.07) is 19.8. The minimum Gasteiger partial charge on any atom is -0.199 e. The number of aryl methyl sites for hydroxylation is 2. The van der Waals surface area contributed by atoms with Crippen molar-refractivity contribution in [1.82, 2.24) is 0 Å². The lowest BCUT2D eigenvalue weighted by Crippen LogP contribution is -2.39. The lowest BCUT2D eigenvalue weighted by atomic mass is 9.88. The number of alkyl halides is 2. The van der Waals surface area contributed by atoms with Crippen LogP contribution in [0.5, 0.6) is 0 Å². The fraction of sp³-hybridized carbons (Fsp3) is 0.167. The Morgan fingerprint density at radius 1 is 0.588 bits per heavy atom. The Morgan fingerprint density at radius 3 is 1.24 bits per heavy atom. The molecule has 0 heterocycles. The van der Waals surface area contributed by atoms with Crippen molar-refractivity contribution in [2.45, 2.75) is 33.3 Å². The molecule has 0 radical (unpaired) electrons. The molecule has 3 aromatic rings. The van der Waals surface area contributed by atoms with Gasteiger partial charge in [-0.15, -0.1) is 0 Å². The van der Waals surface area contributed by atoms with Gasteiger partial charge in [0.25, 0.3) is 20.0 Å². The van der Waals surface area contributed by atoms with Crippen LogP contribution in [-0.2, 0) is 20.0 Å². The van der Waals surface area contributed by atoms with Crippen LogP contribution in [0.15, 0.2) is 91.4 Å². The summed E-state index contributed by atoms with van der Waals surface area (Å²) in [6.45, 7) is 3.74. The van der Waals surface area contributed by atoms with Gasteiger partial charge in [-0.3, -0.25) is 0 Å². The van der Waals surface area contributed by atoms with Gasteiger partial charge in [0.2, 0.25) is 0 Å². The van der Waals surface area contributed by atoms with Crippen LogP contribution >= 0.6 is 31.9 Å². The van der Waals surface area contributed by atoms with E-state index in [9.17, 15) is 16.8 Å². The lowest BCUT2D eigenvalue weighted by Gasteiger charge is -2.28. The van der Waals surface area contributed by atoms with E-state index in [-0.39, 0.29) is 21.2 Å². The zero-order valence-electron chi connectivity index (χ0n) is 18.2. The van der Waals surface area contributed by atoms with Gasteiger partial charge in [0.15, 0.2) is 0 Å².